The van der Waals surface area contributed by atoms with Gasteiger partial charge >= 0.3 is 0 Å². The van der Waals surface area contributed by atoms with Crippen molar-refractivity contribution < 1.29 is 0 Å². The molecule has 0 saturated heterocycles. The molecule has 0 heterocycles. The average Bonchev–Trinajstić information content (AvgIpc) is 3.09. The second-order valence-electron chi connectivity index (χ2n) is 7.16. The Bertz CT molecular complexity index is 586. The summed E-state index contributed by atoms with van der Waals surface area (Å²) in [4.78, 5) is 0. The van der Waals surface area contributed by atoms with Crippen LogP contribution in [0.4, 0.5) is 0 Å². The third kappa shape index (κ3) is 1.24. The summed E-state index contributed by atoms with van der Waals surface area (Å²) >= 11 is 16.0. The normalized spacial score (nSPS) is 48.4. The van der Waals surface area contributed by atoms with Crippen LogP contribution >= 0.6 is 63.7 Å². The summed E-state index contributed by atoms with van der Waals surface area (Å²) in [6.45, 7) is 0. The number of fused-ring (bicyclic) bond motifs is 2. The summed E-state index contributed by atoms with van der Waals surface area (Å²) in [6.07, 6.45) is 5.08. The van der Waals surface area contributed by atoms with Crippen LogP contribution in [0.25, 0.3) is 0 Å². The highest BCUT2D eigenvalue weighted by atomic mass is 79.9. The van der Waals surface area contributed by atoms with Crippen LogP contribution in [-0.4, -0.2) is 6.47 Å². The highest BCUT2D eigenvalue weighted by Crippen LogP contribution is 2.93. The maximum Gasteiger partial charge on any atom is 0.0936 e. The van der Waals surface area contributed by atoms with Crippen molar-refractivity contribution in [1.29, 1.82) is 0 Å². The smallest absolute Gasteiger partial charge is 0.0721 e. The molecule has 20 heavy (non-hydrogen) atoms. The number of hydrogen-bond donors (Lipinski definition) is 0. The highest BCUT2D eigenvalue weighted by Gasteiger charge is 2.90. The van der Waals surface area contributed by atoms with E-state index in [1.54, 1.807) is 11.1 Å². The van der Waals surface area contributed by atoms with Crippen LogP contribution in [0.2, 0.25) is 0 Å². The van der Waals surface area contributed by atoms with E-state index >= 15 is 0 Å². The third-order valence-electron chi connectivity index (χ3n) is 6.66. The lowest BCUT2D eigenvalue weighted by molar-refractivity contribution is 0.211. The van der Waals surface area contributed by atoms with E-state index in [0.717, 1.165) is 11.8 Å². The molecule has 4 heteroatoms. The molecular formula is C16H14Br4. The highest BCUT2D eigenvalue weighted by molar-refractivity contribution is 9.26. The summed E-state index contributed by atoms with van der Waals surface area (Å²) in [6, 6.07) is 9.04. The molecule has 0 amide bonds. The van der Waals surface area contributed by atoms with E-state index in [1.807, 2.05) is 0 Å². The lowest BCUT2D eigenvalue weighted by Gasteiger charge is -2.34. The van der Waals surface area contributed by atoms with E-state index in [4.69, 9.17) is 0 Å². The van der Waals surface area contributed by atoms with Crippen LogP contribution in [-0.2, 0) is 12.8 Å². The first-order valence-corrected chi connectivity index (χ1v) is 10.4. The Hall–Kier alpha value is 1.14. The predicted octanol–water partition coefficient (Wildman–Crippen LogP) is 5.78. The second-order valence-corrected chi connectivity index (χ2v) is 14.3. The van der Waals surface area contributed by atoms with Gasteiger partial charge in [0.15, 0.2) is 0 Å². The summed E-state index contributed by atoms with van der Waals surface area (Å²) < 4.78 is 0.364. The van der Waals surface area contributed by atoms with Crippen molar-refractivity contribution >= 4 is 63.7 Å². The Morgan fingerprint density at radius 2 is 1.25 bits per heavy atom. The van der Waals surface area contributed by atoms with Gasteiger partial charge in [0.25, 0.3) is 0 Å². The number of benzene rings is 1. The van der Waals surface area contributed by atoms with Crippen molar-refractivity contribution in [3.63, 3.8) is 0 Å². The Balaban J connectivity index is 1.64. The van der Waals surface area contributed by atoms with Gasteiger partial charge in [0, 0.05) is 10.8 Å². The van der Waals surface area contributed by atoms with Gasteiger partial charge in [-0.05, 0) is 48.6 Å². The lowest BCUT2D eigenvalue weighted by Crippen LogP contribution is -2.29. The van der Waals surface area contributed by atoms with Crippen LogP contribution in [0, 0.1) is 22.7 Å². The molecule has 3 fully saturated rings. The molecule has 0 bridgehead atoms. The number of alkyl halides is 4. The molecule has 4 atom stereocenters. The monoisotopic (exact) mass is 522 g/mol. The van der Waals surface area contributed by atoms with Gasteiger partial charge in [-0.1, -0.05) is 88.0 Å². The molecule has 3 saturated carbocycles. The first-order valence-electron chi connectivity index (χ1n) is 7.18. The molecule has 0 N–H and O–H groups in total. The van der Waals surface area contributed by atoms with Crippen molar-refractivity contribution in [3.8, 4) is 0 Å². The number of hydrogen-bond acceptors (Lipinski definition) is 0. The van der Waals surface area contributed by atoms with Crippen molar-refractivity contribution in [1.82, 2.24) is 0 Å². The maximum atomic E-state index is 4.08. The lowest BCUT2D eigenvalue weighted by atomic mass is 9.69. The van der Waals surface area contributed by atoms with Crippen LogP contribution < -0.4 is 0 Å². The summed E-state index contributed by atoms with van der Waals surface area (Å²) in [5, 5.41) is 0. The Morgan fingerprint density at radius 3 is 1.70 bits per heavy atom. The van der Waals surface area contributed by atoms with E-state index in [2.05, 4.69) is 88.0 Å². The Morgan fingerprint density at radius 1 is 0.800 bits per heavy atom. The van der Waals surface area contributed by atoms with Crippen molar-refractivity contribution in [2.24, 2.45) is 22.7 Å². The SMILES string of the molecule is BrC1(Br)[C@@H]2C[C@]34Cc5ccccc5C[C@]3(C[C@H]21)C4(Br)Br. The number of halogens is 4. The van der Waals surface area contributed by atoms with Gasteiger partial charge in [0.2, 0.25) is 0 Å². The minimum Gasteiger partial charge on any atom is -0.0721 e. The number of rotatable bonds is 0. The second kappa shape index (κ2) is 3.62. The summed E-state index contributed by atoms with van der Waals surface area (Å²) in [7, 11) is 0. The van der Waals surface area contributed by atoms with Gasteiger partial charge in [0.05, 0.1) is 6.47 Å². The average molecular weight is 526 g/mol. The molecule has 4 aliphatic carbocycles. The Labute approximate surface area is 153 Å². The van der Waals surface area contributed by atoms with Gasteiger partial charge in [-0.25, -0.2) is 0 Å². The molecule has 0 aliphatic heterocycles. The molecule has 0 nitrogen and oxygen atoms in total. The van der Waals surface area contributed by atoms with E-state index in [-0.39, 0.29) is 6.47 Å². The van der Waals surface area contributed by atoms with Crippen LogP contribution in [0.5, 0.6) is 0 Å². The van der Waals surface area contributed by atoms with Crippen LogP contribution in [0.15, 0.2) is 24.3 Å². The third-order valence-corrected chi connectivity index (χ3v) is 12.0. The minimum absolute atomic E-state index is 0.141. The zero-order valence-electron chi connectivity index (χ0n) is 10.8. The van der Waals surface area contributed by atoms with E-state index in [1.165, 1.54) is 25.7 Å². The maximum absolute atomic E-state index is 4.08. The zero-order chi connectivity index (χ0) is 14.0. The fraction of sp³-hybridized carbons (Fsp3) is 0.625. The minimum atomic E-state index is 0.141. The molecule has 0 spiro atoms. The molecular weight excluding hydrogens is 512 g/mol. The fourth-order valence-electron chi connectivity index (χ4n) is 5.41. The summed E-state index contributed by atoms with van der Waals surface area (Å²) in [5.41, 5.74) is 3.94. The molecule has 5 rings (SSSR count). The van der Waals surface area contributed by atoms with Crippen molar-refractivity contribution in [3.05, 3.63) is 35.4 Å². The van der Waals surface area contributed by atoms with Gasteiger partial charge in [-0.2, -0.15) is 0 Å². The van der Waals surface area contributed by atoms with Crippen molar-refractivity contribution in [2.75, 3.05) is 0 Å². The largest absolute Gasteiger partial charge is 0.0936 e. The molecule has 0 unspecified atom stereocenters. The van der Waals surface area contributed by atoms with Gasteiger partial charge in [0.1, 0.15) is 0 Å². The Kier molecular flexibility index (Phi) is 2.46. The molecule has 1 aromatic carbocycles. The zero-order valence-corrected chi connectivity index (χ0v) is 17.1. The van der Waals surface area contributed by atoms with E-state index in [0.29, 0.717) is 10.8 Å². The van der Waals surface area contributed by atoms with Gasteiger partial charge < -0.3 is 0 Å². The topological polar surface area (TPSA) is 0 Å². The first-order chi connectivity index (χ1) is 9.36. The van der Waals surface area contributed by atoms with E-state index in [9.17, 15) is 0 Å². The van der Waals surface area contributed by atoms with E-state index < -0.39 is 0 Å². The quantitative estimate of drug-likeness (QED) is 0.377. The van der Waals surface area contributed by atoms with Gasteiger partial charge in [-0.15, -0.1) is 0 Å². The molecule has 4 aliphatic rings. The molecule has 1 aromatic rings. The molecule has 0 radical (unpaired) electrons. The fourth-order valence-corrected chi connectivity index (χ4v) is 9.60. The van der Waals surface area contributed by atoms with Crippen LogP contribution in [0.3, 0.4) is 0 Å². The molecule has 106 valence electrons. The molecule has 0 aromatic heterocycles. The van der Waals surface area contributed by atoms with Crippen molar-refractivity contribution in [2.45, 2.75) is 32.2 Å². The van der Waals surface area contributed by atoms with Crippen LogP contribution in [0.1, 0.15) is 24.0 Å². The van der Waals surface area contributed by atoms with Gasteiger partial charge in [-0.3, -0.25) is 0 Å². The standard InChI is InChI=1S/C16H14Br4/c17-15(18)11-7-13-5-9-3-1-2-4-10(9)6-14(13,8-12(11)15)16(13,19)20/h1-4,11-12H,5-8H2/t11-,12-,13-,14-/m1/s1. The summed E-state index contributed by atoms with van der Waals surface area (Å²) in [5.74, 6) is 1.58. The predicted molar refractivity (Wildman–Crippen MR) is 96.1 cm³/mol. The first kappa shape index (κ1) is 13.6.